The van der Waals surface area contributed by atoms with E-state index >= 15 is 0 Å². The van der Waals surface area contributed by atoms with Crippen LogP contribution in [0.1, 0.15) is 12.8 Å². The first-order chi connectivity index (χ1) is 8.49. The molecule has 0 radical (unpaired) electrons. The number of ether oxygens (including phenoxy) is 1. The highest BCUT2D eigenvalue weighted by Crippen LogP contribution is 2.36. The standard InChI is InChI=1S/C11H10FNO5/c12-8-5-7(13(16)17)3-4-9(8)18-10(11(14)15)6-1-2-6/h3-6,10H,1-2H2,(H,14,15). The predicted octanol–water partition coefficient (Wildman–Crippen LogP) is 1.98. The molecule has 1 aliphatic carbocycles. The van der Waals surface area contributed by atoms with Gasteiger partial charge in [-0.25, -0.2) is 9.18 Å². The Balaban J connectivity index is 2.18. The van der Waals surface area contributed by atoms with Crippen LogP contribution in [0.3, 0.4) is 0 Å². The average Bonchev–Trinajstić information content (AvgIpc) is 3.10. The van der Waals surface area contributed by atoms with E-state index in [1.807, 2.05) is 0 Å². The van der Waals surface area contributed by atoms with E-state index < -0.39 is 28.5 Å². The zero-order valence-corrected chi connectivity index (χ0v) is 9.21. The van der Waals surface area contributed by atoms with Gasteiger partial charge in [0.25, 0.3) is 5.69 Å². The Morgan fingerprint density at radius 2 is 2.22 bits per heavy atom. The summed E-state index contributed by atoms with van der Waals surface area (Å²) in [6.45, 7) is 0. The van der Waals surface area contributed by atoms with Crippen molar-refractivity contribution in [2.45, 2.75) is 18.9 Å². The number of aliphatic carboxylic acids is 1. The smallest absolute Gasteiger partial charge is 0.345 e. The van der Waals surface area contributed by atoms with Crippen molar-refractivity contribution in [3.8, 4) is 5.75 Å². The molecule has 0 bridgehead atoms. The highest BCUT2D eigenvalue weighted by molar-refractivity contribution is 5.73. The second-order valence-electron chi connectivity index (χ2n) is 4.09. The Kier molecular flexibility index (Phi) is 3.14. The minimum absolute atomic E-state index is 0.114. The van der Waals surface area contributed by atoms with Crippen LogP contribution in [0, 0.1) is 21.8 Å². The van der Waals surface area contributed by atoms with Gasteiger partial charge in [-0.1, -0.05) is 0 Å². The number of hydrogen-bond donors (Lipinski definition) is 1. The second kappa shape index (κ2) is 4.59. The number of rotatable bonds is 5. The van der Waals surface area contributed by atoms with Gasteiger partial charge < -0.3 is 9.84 Å². The van der Waals surface area contributed by atoms with Gasteiger partial charge in [0.05, 0.1) is 11.0 Å². The summed E-state index contributed by atoms with van der Waals surface area (Å²) in [4.78, 5) is 20.6. The molecular weight excluding hydrogens is 245 g/mol. The number of nitro groups is 1. The number of non-ortho nitro benzene ring substituents is 1. The molecule has 1 aromatic rings. The van der Waals surface area contributed by atoms with Gasteiger partial charge in [-0.05, 0) is 18.9 Å². The first kappa shape index (κ1) is 12.3. The van der Waals surface area contributed by atoms with E-state index in [-0.39, 0.29) is 11.7 Å². The van der Waals surface area contributed by atoms with E-state index in [2.05, 4.69) is 0 Å². The molecule has 6 nitrogen and oxygen atoms in total. The van der Waals surface area contributed by atoms with Gasteiger partial charge in [0.1, 0.15) is 0 Å². The van der Waals surface area contributed by atoms with Crippen molar-refractivity contribution in [3.05, 3.63) is 34.1 Å². The van der Waals surface area contributed by atoms with Crippen LogP contribution in [0.4, 0.5) is 10.1 Å². The number of nitrogens with zero attached hydrogens (tertiary/aromatic N) is 1. The highest BCUT2D eigenvalue weighted by atomic mass is 19.1. The first-order valence-corrected chi connectivity index (χ1v) is 5.32. The molecule has 1 aromatic carbocycles. The minimum atomic E-state index is -1.16. The first-order valence-electron chi connectivity index (χ1n) is 5.32. The van der Waals surface area contributed by atoms with E-state index in [1.165, 1.54) is 0 Å². The lowest BCUT2D eigenvalue weighted by atomic mass is 10.2. The van der Waals surface area contributed by atoms with Crippen LogP contribution in [-0.2, 0) is 4.79 Å². The summed E-state index contributed by atoms with van der Waals surface area (Å²) in [5.74, 6) is -2.48. The topological polar surface area (TPSA) is 89.7 Å². The molecule has 0 saturated heterocycles. The molecule has 0 aliphatic heterocycles. The lowest BCUT2D eigenvalue weighted by Gasteiger charge is -2.14. The molecular formula is C11H10FNO5. The molecule has 1 N–H and O–H groups in total. The third kappa shape index (κ3) is 2.55. The second-order valence-corrected chi connectivity index (χ2v) is 4.09. The molecule has 2 rings (SSSR count). The van der Waals surface area contributed by atoms with Gasteiger partial charge in [-0.3, -0.25) is 10.1 Å². The summed E-state index contributed by atoms with van der Waals surface area (Å²) >= 11 is 0. The molecule has 7 heteroatoms. The fraction of sp³-hybridized carbons (Fsp3) is 0.364. The van der Waals surface area contributed by atoms with Crippen molar-refractivity contribution in [3.63, 3.8) is 0 Å². The maximum atomic E-state index is 13.5. The molecule has 1 atom stereocenters. The number of halogens is 1. The molecule has 0 spiro atoms. The molecule has 0 amide bonds. The third-order valence-electron chi connectivity index (χ3n) is 2.67. The highest BCUT2D eigenvalue weighted by Gasteiger charge is 2.38. The van der Waals surface area contributed by atoms with E-state index in [0.717, 1.165) is 25.0 Å². The van der Waals surface area contributed by atoms with Gasteiger partial charge in [0.2, 0.25) is 0 Å². The van der Waals surface area contributed by atoms with Crippen molar-refractivity contribution in [1.82, 2.24) is 0 Å². The van der Waals surface area contributed by atoms with Crippen LogP contribution in [0.2, 0.25) is 0 Å². The molecule has 96 valence electrons. The Bertz CT molecular complexity index is 500. The molecule has 0 heterocycles. The van der Waals surface area contributed by atoms with Crippen molar-refractivity contribution in [2.24, 2.45) is 5.92 Å². The van der Waals surface area contributed by atoms with Crippen molar-refractivity contribution >= 4 is 11.7 Å². The zero-order chi connectivity index (χ0) is 13.3. The zero-order valence-electron chi connectivity index (χ0n) is 9.21. The Morgan fingerprint density at radius 1 is 1.56 bits per heavy atom. The van der Waals surface area contributed by atoms with Gasteiger partial charge in [-0.15, -0.1) is 0 Å². The summed E-state index contributed by atoms with van der Waals surface area (Å²) in [6, 6.07) is 2.86. The maximum Gasteiger partial charge on any atom is 0.345 e. The Morgan fingerprint density at radius 3 is 2.67 bits per heavy atom. The minimum Gasteiger partial charge on any atom is -0.478 e. The number of carboxylic acids is 1. The fourth-order valence-corrected chi connectivity index (χ4v) is 1.58. The van der Waals surface area contributed by atoms with E-state index in [1.54, 1.807) is 0 Å². The van der Waals surface area contributed by atoms with Gasteiger partial charge in [-0.2, -0.15) is 0 Å². The molecule has 18 heavy (non-hydrogen) atoms. The van der Waals surface area contributed by atoms with E-state index in [9.17, 15) is 19.3 Å². The van der Waals surface area contributed by atoms with Crippen LogP contribution in [-0.4, -0.2) is 22.1 Å². The van der Waals surface area contributed by atoms with Gasteiger partial charge in [0, 0.05) is 12.0 Å². The Hall–Kier alpha value is -2.18. The van der Waals surface area contributed by atoms with Crippen molar-refractivity contribution in [1.29, 1.82) is 0 Å². The van der Waals surface area contributed by atoms with Gasteiger partial charge >= 0.3 is 5.97 Å². The summed E-state index contributed by atoms with van der Waals surface area (Å²) in [7, 11) is 0. The molecule has 1 unspecified atom stereocenters. The summed E-state index contributed by atoms with van der Waals surface area (Å²) in [5.41, 5.74) is -0.404. The van der Waals surface area contributed by atoms with Gasteiger partial charge in [0.15, 0.2) is 17.7 Å². The SMILES string of the molecule is O=C(O)C(Oc1ccc([N+](=O)[O-])cc1F)C1CC1. The van der Waals surface area contributed by atoms with E-state index in [4.69, 9.17) is 9.84 Å². The van der Waals surface area contributed by atoms with Crippen LogP contribution < -0.4 is 4.74 Å². The number of benzene rings is 1. The van der Waals surface area contributed by atoms with E-state index in [0.29, 0.717) is 6.07 Å². The van der Waals surface area contributed by atoms with Crippen molar-refractivity contribution in [2.75, 3.05) is 0 Å². The lowest BCUT2D eigenvalue weighted by Crippen LogP contribution is -2.29. The largest absolute Gasteiger partial charge is 0.478 e. The normalized spacial score (nSPS) is 16.1. The van der Waals surface area contributed by atoms with Crippen molar-refractivity contribution < 1.29 is 24.0 Å². The molecule has 0 aromatic heterocycles. The summed E-state index contributed by atoms with van der Waals surface area (Å²) < 4.78 is 18.6. The van der Waals surface area contributed by atoms with Crippen LogP contribution >= 0.6 is 0 Å². The monoisotopic (exact) mass is 255 g/mol. The average molecular weight is 255 g/mol. The quantitative estimate of drug-likeness (QED) is 0.641. The number of carboxylic acid groups (broad SMARTS) is 1. The predicted molar refractivity (Wildman–Crippen MR) is 57.8 cm³/mol. The van der Waals surface area contributed by atoms with Crippen LogP contribution in [0.25, 0.3) is 0 Å². The van der Waals surface area contributed by atoms with Crippen LogP contribution in [0.15, 0.2) is 18.2 Å². The molecule has 1 saturated carbocycles. The Labute approximate surface area is 101 Å². The third-order valence-corrected chi connectivity index (χ3v) is 2.67. The number of hydrogen-bond acceptors (Lipinski definition) is 4. The number of nitro benzene ring substituents is 1. The lowest BCUT2D eigenvalue weighted by molar-refractivity contribution is -0.385. The summed E-state index contributed by atoms with van der Waals surface area (Å²) in [6.07, 6.45) is 0.359. The molecule has 1 fully saturated rings. The molecule has 1 aliphatic rings. The van der Waals surface area contributed by atoms with Crippen LogP contribution in [0.5, 0.6) is 5.75 Å². The summed E-state index contributed by atoms with van der Waals surface area (Å²) in [5, 5.41) is 19.3. The fourth-order valence-electron chi connectivity index (χ4n) is 1.58. The maximum absolute atomic E-state index is 13.5. The number of carbonyl (C=O) groups is 1.